The molecule has 0 heterocycles. The maximum atomic E-state index is 12.3. The molecule has 6 heteroatoms. The van der Waals surface area contributed by atoms with Crippen LogP contribution in [0.3, 0.4) is 0 Å². The summed E-state index contributed by atoms with van der Waals surface area (Å²) in [4.78, 5) is 25.2. The number of anilines is 2. The number of nitrogen functional groups attached to an aromatic ring is 1. The van der Waals surface area contributed by atoms with Crippen molar-refractivity contribution in [1.82, 2.24) is 5.32 Å². The number of ether oxygens (including phenoxy) is 1. The summed E-state index contributed by atoms with van der Waals surface area (Å²) in [5, 5.41) is 2.76. The van der Waals surface area contributed by atoms with Crippen molar-refractivity contribution >= 4 is 23.3 Å². The third-order valence-corrected chi connectivity index (χ3v) is 3.53. The molecular formula is C18H21N3O3. The minimum Gasteiger partial charge on any atom is -0.496 e. The van der Waals surface area contributed by atoms with Gasteiger partial charge in [-0.3, -0.25) is 4.79 Å². The number of nitrogens with one attached hydrogen (secondary N) is 1. The molecule has 0 fully saturated rings. The first-order valence-electron chi connectivity index (χ1n) is 7.59. The van der Waals surface area contributed by atoms with E-state index >= 15 is 0 Å². The highest BCUT2D eigenvalue weighted by molar-refractivity contribution is 6.13. The van der Waals surface area contributed by atoms with Crippen LogP contribution in [0.2, 0.25) is 0 Å². The SMILES string of the molecule is COc1ccccc1CCNC(=O)N(C(C)=O)c1ccc(N)cc1. The van der Waals surface area contributed by atoms with Crippen molar-refractivity contribution in [3.63, 3.8) is 0 Å². The number of amides is 3. The Morgan fingerprint density at radius 2 is 1.79 bits per heavy atom. The number of carbonyl (C=O) groups excluding carboxylic acids is 2. The number of imide groups is 1. The molecule has 0 aromatic heterocycles. The van der Waals surface area contributed by atoms with Crippen LogP contribution < -0.4 is 20.7 Å². The van der Waals surface area contributed by atoms with Crippen LogP contribution in [0.1, 0.15) is 12.5 Å². The van der Waals surface area contributed by atoms with Crippen LogP contribution in [-0.4, -0.2) is 25.6 Å². The van der Waals surface area contributed by atoms with Gasteiger partial charge in [0, 0.05) is 19.2 Å². The van der Waals surface area contributed by atoms with Crippen molar-refractivity contribution in [1.29, 1.82) is 0 Å². The summed E-state index contributed by atoms with van der Waals surface area (Å²) in [6.07, 6.45) is 0.600. The summed E-state index contributed by atoms with van der Waals surface area (Å²) in [6.45, 7) is 1.73. The number of carbonyl (C=O) groups is 2. The molecule has 0 aliphatic carbocycles. The van der Waals surface area contributed by atoms with Gasteiger partial charge in [-0.15, -0.1) is 0 Å². The van der Waals surface area contributed by atoms with E-state index in [2.05, 4.69) is 5.32 Å². The molecule has 0 saturated heterocycles. The number of urea groups is 1. The van der Waals surface area contributed by atoms with Crippen LogP contribution in [-0.2, 0) is 11.2 Å². The highest BCUT2D eigenvalue weighted by Crippen LogP contribution is 2.18. The fourth-order valence-corrected chi connectivity index (χ4v) is 2.36. The average molecular weight is 327 g/mol. The van der Waals surface area contributed by atoms with Gasteiger partial charge in [-0.2, -0.15) is 0 Å². The molecule has 2 aromatic carbocycles. The fourth-order valence-electron chi connectivity index (χ4n) is 2.36. The molecule has 0 spiro atoms. The second kappa shape index (κ2) is 8.01. The van der Waals surface area contributed by atoms with Gasteiger partial charge >= 0.3 is 6.03 Å². The molecule has 0 aliphatic rings. The van der Waals surface area contributed by atoms with E-state index in [0.29, 0.717) is 24.3 Å². The Labute approximate surface area is 141 Å². The molecule has 2 rings (SSSR count). The Bertz CT molecular complexity index is 714. The Kier molecular flexibility index (Phi) is 5.78. The number of nitrogens with two attached hydrogens (primary N) is 1. The van der Waals surface area contributed by atoms with Gasteiger partial charge in [-0.25, -0.2) is 9.69 Å². The molecular weight excluding hydrogens is 306 g/mol. The molecule has 3 N–H and O–H groups in total. The topological polar surface area (TPSA) is 84.7 Å². The summed E-state index contributed by atoms with van der Waals surface area (Å²) in [6, 6.07) is 13.7. The molecule has 0 atom stereocenters. The van der Waals surface area contributed by atoms with E-state index in [0.717, 1.165) is 16.2 Å². The van der Waals surface area contributed by atoms with Gasteiger partial charge in [0.25, 0.3) is 0 Å². The lowest BCUT2D eigenvalue weighted by Gasteiger charge is -2.20. The third-order valence-electron chi connectivity index (χ3n) is 3.53. The number of nitrogens with zero attached hydrogens (tertiary/aromatic N) is 1. The highest BCUT2D eigenvalue weighted by atomic mass is 16.5. The van der Waals surface area contributed by atoms with Gasteiger partial charge < -0.3 is 15.8 Å². The maximum absolute atomic E-state index is 12.3. The van der Waals surface area contributed by atoms with Gasteiger partial charge in [0.2, 0.25) is 5.91 Å². The fraction of sp³-hybridized carbons (Fsp3) is 0.222. The van der Waals surface area contributed by atoms with Crippen LogP contribution in [0.5, 0.6) is 5.75 Å². The summed E-state index contributed by atoms with van der Waals surface area (Å²) in [5.74, 6) is 0.406. The number of hydrogen-bond acceptors (Lipinski definition) is 4. The van der Waals surface area contributed by atoms with E-state index in [-0.39, 0.29) is 5.91 Å². The lowest BCUT2D eigenvalue weighted by molar-refractivity contribution is -0.115. The van der Waals surface area contributed by atoms with Crippen molar-refractivity contribution in [2.24, 2.45) is 0 Å². The van der Waals surface area contributed by atoms with E-state index in [1.54, 1.807) is 31.4 Å². The normalized spacial score (nSPS) is 10.1. The summed E-state index contributed by atoms with van der Waals surface area (Å²) in [7, 11) is 1.61. The number of methoxy groups -OCH3 is 1. The summed E-state index contributed by atoms with van der Waals surface area (Å²) < 4.78 is 5.28. The van der Waals surface area contributed by atoms with Gasteiger partial charge in [0.1, 0.15) is 5.75 Å². The van der Waals surface area contributed by atoms with Crippen molar-refractivity contribution < 1.29 is 14.3 Å². The average Bonchev–Trinajstić information content (AvgIpc) is 2.57. The first-order chi connectivity index (χ1) is 11.5. The van der Waals surface area contributed by atoms with Crippen molar-refractivity contribution in [3.8, 4) is 5.75 Å². The second-order valence-corrected chi connectivity index (χ2v) is 5.24. The predicted octanol–water partition coefficient (Wildman–Crippen LogP) is 2.58. The monoisotopic (exact) mass is 327 g/mol. The minimum absolute atomic E-state index is 0.366. The number of hydrogen-bond donors (Lipinski definition) is 2. The van der Waals surface area contributed by atoms with Crippen molar-refractivity contribution in [3.05, 3.63) is 54.1 Å². The Morgan fingerprint density at radius 3 is 2.42 bits per heavy atom. The lowest BCUT2D eigenvalue weighted by atomic mass is 10.1. The number of rotatable bonds is 5. The third kappa shape index (κ3) is 4.25. The zero-order chi connectivity index (χ0) is 17.5. The van der Waals surface area contributed by atoms with E-state index in [1.807, 2.05) is 24.3 Å². The lowest BCUT2D eigenvalue weighted by Crippen LogP contribution is -2.43. The summed E-state index contributed by atoms with van der Waals surface area (Å²) >= 11 is 0. The van der Waals surface area contributed by atoms with E-state index in [1.165, 1.54) is 6.92 Å². The molecule has 6 nitrogen and oxygen atoms in total. The van der Waals surface area contributed by atoms with E-state index in [9.17, 15) is 9.59 Å². The molecule has 0 saturated carbocycles. The number of para-hydroxylation sites is 1. The first-order valence-corrected chi connectivity index (χ1v) is 7.59. The molecule has 24 heavy (non-hydrogen) atoms. The van der Waals surface area contributed by atoms with Crippen LogP contribution in [0.25, 0.3) is 0 Å². The summed E-state index contributed by atoms with van der Waals surface area (Å²) in [5.41, 5.74) is 7.67. The molecule has 0 radical (unpaired) electrons. The van der Waals surface area contributed by atoms with Crippen molar-refractivity contribution in [2.75, 3.05) is 24.3 Å². The molecule has 3 amide bonds. The minimum atomic E-state index is -0.470. The molecule has 0 aliphatic heterocycles. The van der Waals surface area contributed by atoms with Crippen LogP contribution >= 0.6 is 0 Å². The van der Waals surface area contributed by atoms with Gasteiger partial charge in [0.05, 0.1) is 12.8 Å². The maximum Gasteiger partial charge on any atom is 0.328 e. The Morgan fingerprint density at radius 1 is 1.12 bits per heavy atom. The first kappa shape index (κ1) is 17.3. The van der Waals surface area contributed by atoms with Crippen LogP contribution in [0.4, 0.5) is 16.2 Å². The van der Waals surface area contributed by atoms with Gasteiger partial charge in [-0.1, -0.05) is 18.2 Å². The number of benzene rings is 2. The largest absolute Gasteiger partial charge is 0.496 e. The highest BCUT2D eigenvalue weighted by Gasteiger charge is 2.19. The van der Waals surface area contributed by atoms with Gasteiger partial charge in [0.15, 0.2) is 0 Å². The molecule has 126 valence electrons. The van der Waals surface area contributed by atoms with Crippen molar-refractivity contribution in [2.45, 2.75) is 13.3 Å². The van der Waals surface area contributed by atoms with Crippen LogP contribution in [0.15, 0.2) is 48.5 Å². The van der Waals surface area contributed by atoms with E-state index in [4.69, 9.17) is 10.5 Å². The standard InChI is InChI=1S/C18H21N3O3/c1-13(22)21(16-9-7-15(19)8-10-16)18(23)20-12-11-14-5-3-4-6-17(14)24-2/h3-10H,11-12,19H2,1-2H3,(H,20,23). The Balaban J connectivity index is 2.01. The van der Waals surface area contributed by atoms with E-state index < -0.39 is 6.03 Å². The smallest absolute Gasteiger partial charge is 0.328 e. The quantitative estimate of drug-likeness (QED) is 0.827. The predicted molar refractivity (Wildman–Crippen MR) is 94.1 cm³/mol. The van der Waals surface area contributed by atoms with Gasteiger partial charge in [-0.05, 0) is 42.3 Å². The second-order valence-electron chi connectivity index (χ2n) is 5.24. The zero-order valence-corrected chi connectivity index (χ0v) is 13.8. The molecule has 2 aromatic rings. The van der Waals surface area contributed by atoms with Crippen LogP contribution in [0, 0.1) is 0 Å². The Hall–Kier alpha value is -3.02. The molecule has 0 unspecified atom stereocenters. The zero-order valence-electron chi connectivity index (χ0n) is 13.8. The molecule has 0 bridgehead atoms.